The van der Waals surface area contributed by atoms with E-state index >= 15 is 0 Å². The number of anilines is 2. The van der Waals surface area contributed by atoms with Gasteiger partial charge < -0.3 is 10.6 Å². The molecule has 0 saturated heterocycles. The number of hydrogen-bond acceptors (Lipinski definition) is 5. The summed E-state index contributed by atoms with van der Waals surface area (Å²) >= 11 is 1.39. The van der Waals surface area contributed by atoms with E-state index in [0.29, 0.717) is 22.0 Å². The number of ketones is 1. The van der Waals surface area contributed by atoms with Gasteiger partial charge in [-0.3, -0.25) is 4.79 Å². The number of nitrogens with zero attached hydrogens (tertiary/aromatic N) is 2. The fourth-order valence-electron chi connectivity index (χ4n) is 2.55. The van der Waals surface area contributed by atoms with Crippen molar-refractivity contribution < 1.29 is 4.79 Å². The van der Waals surface area contributed by atoms with Crippen LogP contribution >= 0.6 is 11.3 Å². The van der Waals surface area contributed by atoms with Gasteiger partial charge in [0.2, 0.25) is 0 Å². The van der Waals surface area contributed by atoms with Crippen LogP contribution < -0.4 is 10.6 Å². The zero-order chi connectivity index (χ0) is 15.6. The third kappa shape index (κ3) is 3.06. The second kappa shape index (κ2) is 6.48. The van der Waals surface area contributed by atoms with Gasteiger partial charge in [0, 0.05) is 19.0 Å². The van der Waals surface area contributed by atoms with E-state index in [-0.39, 0.29) is 11.7 Å². The molecule has 0 unspecified atom stereocenters. The van der Waals surface area contributed by atoms with E-state index in [1.807, 2.05) is 13.8 Å². The zero-order valence-electron chi connectivity index (χ0n) is 13.0. The molecule has 1 aliphatic carbocycles. The number of nitriles is 1. The number of nitrogens with two attached hydrogens (primary N) is 1. The molecule has 0 aliphatic heterocycles. The SMILES string of the molecule is CCN(CC1CCC1)c1sc(C(=O)C(C)C)c(N)c1C#N. The van der Waals surface area contributed by atoms with Crippen molar-refractivity contribution in [2.45, 2.75) is 40.0 Å². The molecule has 1 fully saturated rings. The van der Waals surface area contributed by atoms with Crippen molar-refractivity contribution in [3.8, 4) is 6.07 Å². The molecule has 5 heteroatoms. The Hall–Kier alpha value is -1.54. The topological polar surface area (TPSA) is 70.1 Å². The molecule has 0 radical (unpaired) electrons. The van der Waals surface area contributed by atoms with Gasteiger partial charge in [-0.15, -0.1) is 11.3 Å². The first-order valence-electron chi connectivity index (χ1n) is 7.61. The molecule has 0 spiro atoms. The van der Waals surface area contributed by atoms with Gasteiger partial charge in [-0.05, 0) is 25.7 Å². The molecule has 1 aromatic heterocycles. The van der Waals surface area contributed by atoms with Gasteiger partial charge in [-0.25, -0.2) is 0 Å². The fourth-order valence-corrected chi connectivity index (χ4v) is 3.88. The number of carbonyl (C=O) groups is 1. The van der Waals surface area contributed by atoms with Crippen molar-refractivity contribution in [1.82, 2.24) is 0 Å². The van der Waals surface area contributed by atoms with Crippen molar-refractivity contribution in [3.63, 3.8) is 0 Å². The molecule has 1 heterocycles. The number of nitrogen functional groups attached to an aromatic ring is 1. The van der Waals surface area contributed by atoms with E-state index in [2.05, 4.69) is 17.9 Å². The Morgan fingerprint density at radius 1 is 1.52 bits per heavy atom. The summed E-state index contributed by atoms with van der Waals surface area (Å²) in [7, 11) is 0. The van der Waals surface area contributed by atoms with E-state index in [1.54, 1.807) is 0 Å². The van der Waals surface area contributed by atoms with Crippen LogP contribution in [-0.4, -0.2) is 18.9 Å². The predicted octanol–water partition coefficient (Wildman–Crippen LogP) is 3.67. The van der Waals surface area contributed by atoms with Crippen molar-refractivity contribution in [2.24, 2.45) is 11.8 Å². The van der Waals surface area contributed by atoms with Crippen LogP contribution in [0.25, 0.3) is 0 Å². The van der Waals surface area contributed by atoms with Gasteiger partial charge in [0.1, 0.15) is 16.6 Å². The summed E-state index contributed by atoms with van der Waals surface area (Å²) in [5.74, 6) is 0.635. The van der Waals surface area contributed by atoms with Crippen molar-refractivity contribution in [2.75, 3.05) is 23.7 Å². The quantitative estimate of drug-likeness (QED) is 0.814. The highest BCUT2D eigenvalue weighted by molar-refractivity contribution is 7.19. The molecule has 21 heavy (non-hydrogen) atoms. The number of rotatable bonds is 6. The summed E-state index contributed by atoms with van der Waals surface area (Å²) in [5, 5.41) is 10.3. The average Bonchev–Trinajstić information content (AvgIpc) is 2.73. The maximum Gasteiger partial charge on any atom is 0.177 e. The Labute approximate surface area is 130 Å². The lowest BCUT2D eigenvalue weighted by molar-refractivity contribution is 0.0944. The van der Waals surface area contributed by atoms with Crippen LogP contribution in [-0.2, 0) is 0 Å². The summed E-state index contributed by atoms with van der Waals surface area (Å²) in [6, 6.07) is 2.19. The highest BCUT2D eigenvalue weighted by Crippen LogP contribution is 2.40. The minimum absolute atomic E-state index is 0.0277. The second-order valence-electron chi connectivity index (χ2n) is 5.99. The van der Waals surface area contributed by atoms with E-state index in [4.69, 9.17) is 5.73 Å². The highest BCUT2D eigenvalue weighted by atomic mass is 32.1. The molecule has 1 aromatic rings. The largest absolute Gasteiger partial charge is 0.396 e. The molecule has 0 amide bonds. The van der Waals surface area contributed by atoms with E-state index in [1.165, 1.54) is 30.6 Å². The van der Waals surface area contributed by atoms with Gasteiger partial charge >= 0.3 is 0 Å². The first-order chi connectivity index (χ1) is 9.99. The Kier molecular flexibility index (Phi) is 4.89. The molecule has 2 rings (SSSR count). The Balaban J connectivity index is 2.35. The van der Waals surface area contributed by atoms with Crippen molar-refractivity contribution in [3.05, 3.63) is 10.4 Å². The van der Waals surface area contributed by atoms with E-state index < -0.39 is 0 Å². The van der Waals surface area contributed by atoms with Gasteiger partial charge in [-0.2, -0.15) is 5.26 Å². The van der Waals surface area contributed by atoms with Crippen LogP contribution in [0.15, 0.2) is 0 Å². The zero-order valence-corrected chi connectivity index (χ0v) is 13.8. The third-order valence-corrected chi connectivity index (χ3v) is 5.44. The van der Waals surface area contributed by atoms with Gasteiger partial charge in [0.25, 0.3) is 0 Å². The molecular weight excluding hydrogens is 282 g/mol. The average molecular weight is 305 g/mol. The molecule has 0 atom stereocenters. The van der Waals surface area contributed by atoms with Crippen molar-refractivity contribution in [1.29, 1.82) is 5.26 Å². The first-order valence-corrected chi connectivity index (χ1v) is 8.42. The minimum Gasteiger partial charge on any atom is -0.396 e. The summed E-state index contributed by atoms with van der Waals surface area (Å²) < 4.78 is 0. The van der Waals surface area contributed by atoms with Crippen molar-refractivity contribution >= 4 is 27.8 Å². The molecule has 1 aliphatic rings. The van der Waals surface area contributed by atoms with Crippen LogP contribution in [0.3, 0.4) is 0 Å². The normalized spacial score (nSPS) is 14.8. The molecule has 2 N–H and O–H groups in total. The van der Waals surface area contributed by atoms with Gasteiger partial charge in [-0.1, -0.05) is 20.3 Å². The highest BCUT2D eigenvalue weighted by Gasteiger charge is 2.27. The van der Waals surface area contributed by atoms with Gasteiger partial charge in [0.15, 0.2) is 5.78 Å². The summed E-state index contributed by atoms with van der Waals surface area (Å²) in [4.78, 5) is 15.0. The predicted molar refractivity (Wildman–Crippen MR) is 87.8 cm³/mol. The third-order valence-electron chi connectivity index (χ3n) is 4.16. The lowest BCUT2D eigenvalue weighted by Gasteiger charge is -2.32. The monoisotopic (exact) mass is 305 g/mol. The van der Waals surface area contributed by atoms with Crippen LogP contribution in [0.1, 0.15) is 55.3 Å². The standard InChI is InChI=1S/C16H23N3OS/c1-4-19(9-11-6-5-7-11)16-12(8-17)13(18)15(21-16)14(20)10(2)3/h10-11H,4-7,9,18H2,1-3H3. The Bertz CT molecular complexity index is 567. The van der Waals surface area contributed by atoms with Crippen LogP contribution in [0.4, 0.5) is 10.7 Å². The smallest absolute Gasteiger partial charge is 0.177 e. The minimum atomic E-state index is -0.105. The Morgan fingerprint density at radius 2 is 2.19 bits per heavy atom. The lowest BCUT2D eigenvalue weighted by Crippen LogP contribution is -2.32. The van der Waals surface area contributed by atoms with E-state index in [9.17, 15) is 10.1 Å². The summed E-state index contributed by atoms with van der Waals surface area (Å²) in [6.45, 7) is 7.60. The molecule has 0 bridgehead atoms. The number of hydrogen-bond donors (Lipinski definition) is 1. The van der Waals surface area contributed by atoms with Gasteiger partial charge in [0.05, 0.1) is 10.6 Å². The fraction of sp³-hybridized carbons (Fsp3) is 0.625. The number of carbonyl (C=O) groups excluding carboxylic acids is 1. The lowest BCUT2D eigenvalue weighted by atomic mass is 9.85. The first kappa shape index (κ1) is 15.8. The molecule has 0 aromatic carbocycles. The maximum absolute atomic E-state index is 12.2. The molecular formula is C16H23N3OS. The van der Waals surface area contributed by atoms with E-state index in [0.717, 1.165) is 18.1 Å². The molecule has 4 nitrogen and oxygen atoms in total. The van der Waals surface area contributed by atoms with Crippen LogP contribution in [0.5, 0.6) is 0 Å². The maximum atomic E-state index is 12.2. The summed E-state index contributed by atoms with van der Waals surface area (Å²) in [6.07, 6.45) is 3.82. The number of Topliss-reactive ketones (excluding diaryl/α,β-unsaturated/α-hetero) is 1. The Morgan fingerprint density at radius 3 is 2.62 bits per heavy atom. The molecule has 1 saturated carbocycles. The summed E-state index contributed by atoms with van der Waals surface area (Å²) in [5.41, 5.74) is 6.90. The number of thiophene rings is 1. The van der Waals surface area contributed by atoms with Crippen LogP contribution in [0, 0.1) is 23.2 Å². The second-order valence-corrected chi connectivity index (χ2v) is 6.99. The van der Waals surface area contributed by atoms with Crippen LogP contribution in [0.2, 0.25) is 0 Å². The molecule has 114 valence electrons.